The van der Waals surface area contributed by atoms with Gasteiger partial charge in [0.05, 0.1) is 5.52 Å². The van der Waals surface area contributed by atoms with Crippen molar-refractivity contribution in [3.63, 3.8) is 0 Å². The summed E-state index contributed by atoms with van der Waals surface area (Å²) >= 11 is 1.62. The van der Waals surface area contributed by atoms with E-state index in [-0.39, 0.29) is 5.78 Å². The van der Waals surface area contributed by atoms with Crippen LogP contribution in [0.5, 0.6) is 0 Å². The maximum absolute atomic E-state index is 12.5. The molecule has 0 N–H and O–H groups in total. The minimum Gasteiger partial charge on any atom is -0.289 e. The lowest BCUT2D eigenvalue weighted by Gasteiger charge is -2.09. The molecule has 0 aliphatic carbocycles. The van der Waals surface area contributed by atoms with Crippen molar-refractivity contribution in [2.45, 2.75) is 13.8 Å². The summed E-state index contributed by atoms with van der Waals surface area (Å²) in [5, 5.41) is 3.04. The third kappa shape index (κ3) is 2.65. The van der Waals surface area contributed by atoms with E-state index < -0.39 is 0 Å². The second-order valence-electron chi connectivity index (χ2n) is 4.93. The highest BCUT2D eigenvalue weighted by molar-refractivity contribution is 7.10. The topological polar surface area (TPSA) is 30.0 Å². The van der Waals surface area contributed by atoms with E-state index in [0.717, 1.165) is 27.0 Å². The minimum absolute atomic E-state index is 0.0108. The van der Waals surface area contributed by atoms with E-state index in [4.69, 9.17) is 0 Å². The van der Waals surface area contributed by atoms with Crippen LogP contribution in [0.3, 0.4) is 0 Å². The molecule has 104 valence electrons. The first-order chi connectivity index (χ1) is 10.2. The van der Waals surface area contributed by atoms with Crippen molar-refractivity contribution >= 4 is 34.1 Å². The van der Waals surface area contributed by atoms with E-state index in [9.17, 15) is 4.79 Å². The fourth-order valence-corrected chi connectivity index (χ4v) is 3.14. The van der Waals surface area contributed by atoms with Crippen molar-refractivity contribution in [1.82, 2.24) is 4.98 Å². The van der Waals surface area contributed by atoms with Crippen LogP contribution in [0, 0.1) is 13.8 Å². The van der Waals surface area contributed by atoms with Gasteiger partial charge in [-0.3, -0.25) is 9.78 Å². The predicted octanol–water partition coefficient (Wildman–Crippen LogP) is 4.81. The van der Waals surface area contributed by atoms with E-state index in [1.807, 2.05) is 61.7 Å². The summed E-state index contributed by atoms with van der Waals surface area (Å²) in [5.74, 6) is 0.0108. The Morgan fingerprint density at radius 2 is 1.95 bits per heavy atom. The Morgan fingerprint density at radius 3 is 2.71 bits per heavy atom. The lowest BCUT2D eigenvalue weighted by molar-refractivity contribution is 0.104. The van der Waals surface area contributed by atoms with Crippen LogP contribution >= 0.6 is 11.3 Å². The molecule has 0 bridgehead atoms. The molecule has 3 heteroatoms. The minimum atomic E-state index is 0.0108. The smallest absolute Gasteiger partial charge is 0.187 e. The first kappa shape index (κ1) is 13.7. The zero-order valence-electron chi connectivity index (χ0n) is 12.0. The molecular weight excluding hydrogens is 278 g/mol. The molecule has 0 saturated heterocycles. The summed E-state index contributed by atoms with van der Waals surface area (Å²) in [7, 11) is 0. The number of hydrogen-bond acceptors (Lipinski definition) is 3. The zero-order valence-corrected chi connectivity index (χ0v) is 12.8. The molecule has 0 radical (unpaired) electrons. The first-order valence-corrected chi connectivity index (χ1v) is 7.66. The first-order valence-electron chi connectivity index (χ1n) is 6.78. The van der Waals surface area contributed by atoms with Crippen LogP contribution in [-0.2, 0) is 0 Å². The highest BCUT2D eigenvalue weighted by Crippen LogP contribution is 2.23. The number of para-hydroxylation sites is 1. The van der Waals surface area contributed by atoms with Crippen molar-refractivity contribution in [1.29, 1.82) is 0 Å². The normalized spacial score (nSPS) is 11.3. The van der Waals surface area contributed by atoms with Gasteiger partial charge in [-0.15, -0.1) is 11.3 Å². The molecule has 21 heavy (non-hydrogen) atoms. The van der Waals surface area contributed by atoms with E-state index in [1.54, 1.807) is 17.4 Å². The molecule has 0 unspecified atom stereocenters. The van der Waals surface area contributed by atoms with Gasteiger partial charge >= 0.3 is 0 Å². The largest absolute Gasteiger partial charge is 0.289 e. The second-order valence-corrected chi connectivity index (χ2v) is 5.91. The quantitative estimate of drug-likeness (QED) is 0.512. The average Bonchev–Trinajstić information content (AvgIpc) is 2.98. The standard InChI is InChI=1S/C18H15NOS/c1-12-15-7-3-4-8-16(15)19-13(2)18(12)17(20)10-9-14-6-5-11-21-14/h3-11H,1-2H3/b10-9+. The van der Waals surface area contributed by atoms with Crippen molar-refractivity contribution in [3.8, 4) is 0 Å². The Labute approximate surface area is 127 Å². The van der Waals surface area contributed by atoms with E-state index in [1.165, 1.54) is 0 Å². The molecule has 0 aliphatic heterocycles. The molecule has 3 aromatic rings. The molecule has 2 nitrogen and oxygen atoms in total. The number of carbonyl (C=O) groups excluding carboxylic acids is 1. The molecule has 0 aliphatic rings. The lowest BCUT2D eigenvalue weighted by Crippen LogP contribution is -2.04. The molecule has 0 atom stereocenters. The highest BCUT2D eigenvalue weighted by Gasteiger charge is 2.14. The molecule has 0 spiro atoms. The fraction of sp³-hybridized carbons (Fsp3) is 0.111. The summed E-state index contributed by atoms with van der Waals surface area (Å²) in [6.07, 6.45) is 3.50. The molecule has 0 amide bonds. The number of rotatable bonds is 3. The molecule has 0 saturated carbocycles. The number of benzene rings is 1. The van der Waals surface area contributed by atoms with Gasteiger partial charge in [0.15, 0.2) is 5.78 Å². The van der Waals surface area contributed by atoms with E-state index >= 15 is 0 Å². The van der Waals surface area contributed by atoms with Crippen molar-refractivity contribution in [3.05, 3.63) is 69.6 Å². The van der Waals surface area contributed by atoms with Gasteiger partial charge < -0.3 is 0 Å². The number of hydrogen-bond donors (Lipinski definition) is 0. The van der Waals surface area contributed by atoms with E-state index in [2.05, 4.69) is 4.98 Å². The maximum atomic E-state index is 12.5. The number of allylic oxidation sites excluding steroid dienone is 1. The summed E-state index contributed by atoms with van der Waals surface area (Å²) in [5.41, 5.74) is 3.43. The van der Waals surface area contributed by atoms with Gasteiger partial charge in [-0.2, -0.15) is 0 Å². The van der Waals surface area contributed by atoms with Gasteiger partial charge in [0.2, 0.25) is 0 Å². The molecule has 0 fully saturated rings. The van der Waals surface area contributed by atoms with Gasteiger partial charge in [-0.1, -0.05) is 24.3 Å². The van der Waals surface area contributed by atoms with Crippen LogP contribution in [0.2, 0.25) is 0 Å². The van der Waals surface area contributed by atoms with Crippen LogP contribution in [0.1, 0.15) is 26.5 Å². The number of carbonyl (C=O) groups is 1. The Hall–Kier alpha value is -2.26. The third-order valence-electron chi connectivity index (χ3n) is 3.52. The van der Waals surface area contributed by atoms with Crippen LogP contribution in [0.4, 0.5) is 0 Å². The summed E-state index contributed by atoms with van der Waals surface area (Å²) in [4.78, 5) is 18.1. The van der Waals surface area contributed by atoms with Gasteiger partial charge in [-0.25, -0.2) is 0 Å². The number of ketones is 1. The summed E-state index contributed by atoms with van der Waals surface area (Å²) in [6, 6.07) is 11.9. The summed E-state index contributed by atoms with van der Waals surface area (Å²) in [6.45, 7) is 3.88. The third-order valence-corrected chi connectivity index (χ3v) is 4.36. The monoisotopic (exact) mass is 293 g/mol. The van der Waals surface area contributed by atoms with Gasteiger partial charge in [-0.05, 0) is 49.1 Å². The van der Waals surface area contributed by atoms with Crippen LogP contribution in [0.25, 0.3) is 17.0 Å². The Balaban J connectivity index is 2.05. The zero-order chi connectivity index (χ0) is 14.8. The number of nitrogens with zero attached hydrogens (tertiary/aromatic N) is 1. The number of aryl methyl sites for hydroxylation is 2. The Kier molecular flexibility index (Phi) is 3.67. The van der Waals surface area contributed by atoms with E-state index in [0.29, 0.717) is 5.56 Å². The molecular formula is C18H15NOS. The number of thiophene rings is 1. The molecule has 2 heterocycles. The fourth-order valence-electron chi connectivity index (χ4n) is 2.52. The Bertz CT molecular complexity index is 832. The number of pyridine rings is 1. The Morgan fingerprint density at radius 1 is 1.14 bits per heavy atom. The van der Waals surface area contributed by atoms with Crippen molar-refractivity contribution < 1.29 is 4.79 Å². The molecule has 3 rings (SSSR count). The molecule has 2 aromatic heterocycles. The SMILES string of the molecule is Cc1nc2ccccc2c(C)c1C(=O)/C=C/c1cccs1. The van der Waals surface area contributed by atoms with Gasteiger partial charge in [0.25, 0.3) is 0 Å². The predicted molar refractivity (Wildman–Crippen MR) is 88.9 cm³/mol. The maximum Gasteiger partial charge on any atom is 0.187 e. The van der Waals surface area contributed by atoms with Gasteiger partial charge in [0, 0.05) is 21.5 Å². The van der Waals surface area contributed by atoms with Crippen LogP contribution in [0.15, 0.2) is 47.9 Å². The van der Waals surface area contributed by atoms with Crippen molar-refractivity contribution in [2.75, 3.05) is 0 Å². The molecule has 1 aromatic carbocycles. The average molecular weight is 293 g/mol. The van der Waals surface area contributed by atoms with Crippen LogP contribution in [-0.4, -0.2) is 10.8 Å². The number of aromatic nitrogens is 1. The summed E-state index contributed by atoms with van der Waals surface area (Å²) < 4.78 is 0. The number of fused-ring (bicyclic) bond motifs is 1. The highest BCUT2D eigenvalue weighted by atomic mass is 32.1. The second kappa shape index (κ2) is 5.62. The lowest BCUT2D eigenvalue weighted by atomic mass is 9.98. The van der Waals surface area contributed by atoms with Crippen LogP contribution < -0.4 is 0 Å². The van der Waals surface area contributed by atoms with Gasteiger partial charge in [0.1, 0.15) is 0 Å². The van der Waals surface area contributed by atoms with Crippen molar-refractivity contribution in [2.24, 2.45) is 0 Å².